The van der Waals surface area contributed by atoms with Crippen LogP contribution in [0.25, 0.3) is 0 Å². The molecule has 20 heavy (non-hydrogen) atoms. The molecule has 0 saturated carbocycles. The van der Waals surface area contributed by atoms with Crippen molar-refractivity contribution in [1.29, 1.82) is 0 Å². The van der Waals surface area contributed by atoms with Gasteiger partial charge in [0.2, 0.25) is 0 Å². The number of carbonyl (C=O) groups is 1. The maximum absolute atomic E-state index is 11.7. The van der Waals surface area contributed by atoms with Gasteiger partial charge in [-0.15, -0.1) is 0 Å². The van der Waals surface area contributed by atoms with Crippen molar-refractivity contribution in [1.82, 2.24) is 4.90 Å². The Kier molecular flexibility index (Phi) is 6.87. The highest BCUT2D eigenvalue weighted by Crippen LogP contribution is 2.25. The summed E-state index contributed by atoms with van der Waals surface area (Å²) in [6.07, 6.45) is -0.457. The lowest BCUT2D eigenvalue weighted by molar-refractivity contribution is 0.142. The summed E-state index contributed by atoms with van der Waals surface area (Å²) in [5, 5.41) is 2.71. The number of benzene rings is 1. The van der Waals surface area contributed by atoms with E-state index in [1.807, 2.05) is 25.1 Å². The van der Waals surface area contributed by atoms with Crippen molar-refractivity contribution >= 4 is 11.8 Å². The molecule has 0 spiro atoms. The molecule has 0 saturated heterocycles. The Bertz CT molecular complexity index is 431. The fraction of sp³-hybridized carbons (Fsp3) is 0.533. The first-order chi connectivity index (χ1) is 9.60. The Morgan fingerprint density at radius 3 is 2.60 bits per heavy atom. The van der Waals surface area contributed by atoms with Crippen molar-refractivity contribution in [3.05, 3.63) is 23.8 Å². The number of amides is 1. The summed E-state index contributed by atoms with van der Waals surface area (Å²) in [5.41, 5.74) is 1.67. The normalized spacial score (nSPS) is 10.4. The molecule has 0 bridgehead atoms. The number of nitrogens with one attached hydrogen (secondary N) is 1. The van der Waals surface area contributed by atoms with Gasteiger partial charge in [0, 0.05) is 6.54 Å². The molecule has 1 rings (SSSR count). The lowest BCUT2D eigenvalue weighted by Gasteiger charge is -2.17. The summed E-state index contributed by atoms with van der Waals surface area (Å²) in [5.74, 6) is 0.622. The predicted octanol–water partition coefficient (Wildman–Crippen LogP) is 2.89. The van der Waals surface area contributed by atoms with Crippen LogP contribution in [0.1, 0.15) is 19.4 Å². The predicted molar refractivity (Wildman–Crippen MR) is 80.5 cm³/mol. The van der Waals surface area contributed by atoms with Crippen LogP contribution in [0, 0.1) is 6.92 Å². The Labute approximate surface area is 120 Å². The first-order valence-corrected chi connectivity index (χ1v) is 6.91. The molecule has 0 aliphatic carbocycles. The van der Waals surface area contributed by atoms with Crippen LogP contribution in [0.15, 0.2) is 18.2 Å². The SMILES string of the molecule is CCN(CC)CCOC(=O)Nc1cc(C)ccc1OC. The molecule has 5 nitrogen and oxygen atoms in total. The molecule has 0 aliphatic rings. The fourth-order valence-electron chi connectivity index (χ4n) is 1.87. The molecule has 1 N–H and O–H groups in total. The minimum Gasteiger partial charge on any atom is -0.495 e. The number of methoxy groups -OCH3 is 1. The molecule has 0 radical (unpaired) electrons. The number of aryl methyl sites for hydroxylation is 1. The van der Waals surface area contributed by atoms with E-state index in [9.17, 15) is 4.79 Å². The molecule has 112 valence electrons. The van der Waals surface area contributed by atoms with E-state index in [1.54, 1.807) is 7.11 Å². The summed E-state index contributed by atoms with van der Waals surface area (Å²) >= 11 is 0. The average Bonchev–Trinajstić information content (AvgIpc) is 2.44. The van der Waals surface area contributed by atoms with Crippen molar-refractivity contribution in [2.75, 3.05) is 38.7 Å². The van der Waals surface area contributed by atoms with E-state index in [2.05, 4.69) is 24.1 Å². The van der Waals surface area contributed by atoms with Gasteiger partial charge in [0.1, 0.15) is 12.4 Å². The second-order valence-electron chi connectivity index (χ2n) is 4.49. The van der Waals surface area contributed by atoms with Gasteiger partial charge in [0.05, 0.1) is 12.8 Å². The number of ether oxygens (including phenoxy) is 2. The van der Waals surface area contributed by atoms with Gasteiger partial charge >= 0.3 is 6.09 Å². The zero-order chi connectivity index (χ0) is 15.0. The van der Waals surface area contributed by atoms with Gasteiger partial charge in [-0.1, -0.05) is 19.9 Å². The minimum absolute atomic E-state index is 0.377. The molecule has 1 aromatic rings. The number of hydrogen-bond donors (Lipinski definition) is 1. The Morgan fingerprint density at radius 1 is 1.30 bits per heavy atom. The zero-order valence-electron chi connectivity index (χ0n) is 12.7. The van der Waals surface area contributed by atoms with E-state index < -0.39 is 6.09 Å². The molecular formula is C15H24N2O3. The van der Waals surface area contributed by atoms with Gasteiger partial charge < -0.3 is 14.4 Å². The van der Waals surface area contributed by atoms with Crippen LogP contribution in [0.2, 0.25) is 0 Å². The van der Waals surface area contributed by atoms with Crippen molar-refractivity contribution < 1.29 is 14.3 Å². The van der Waals surface area contributed by atoms with Crippen molar-refractivity contribution in [2.45, 2.75) is 20.8 Å². The molecular weight excluding hydrogens is 256 g/mol. The Balaban J connectivity index is 2.48. The van der Waals surface area contributed by atoms with Crippen LogP contribution >= 0.6 is 0 Å². The first kappa shape index (κ1) is 16.3. The third-order valence-corrected chi connectivity index (χ3v) is 3.13. The van der Waals surface area contributed by atoms with E-state index in [0.717, 1.165) is 25.2 Å². The molecule has 1 amide bonds. The number of hydrogen-bond acceptors (Lipinski definition) is 4. The highest BCUT2D eigenvalue weighted by molar-refractivity contribution is 5.86. The van der Waals surface area contributed by atoms with Gasteiger partial charge in [-0.2, -0.15) is 0 Å². The second kappa shape index (κ2) is 8.43. The van der Waals surface area contributed by atoms with Crippen LogP contribution in [-0.2, 0) is 4.74 Å². The van der Waals surface area contributed by atoms with Crippen LogP contribution in [0.3, 0.4) is 0 Å². The Hall–Kier alpha value is -1.75. The van der Waals surface area contributed by atoms with Crippen molar-refractivity contribution in [3.63, 3.8) is 0 Å². The van der Waals surface area contributed by atoms with Crippen LogP contribution in [0.5, 0.6) is 5.75 Å². The third kappa shape index (κ3) is 5.09. The van der Waals surface area contributed by atoms with E-state index >= 15 is 0 Å². The molecule has 0 aromatic heterocycles. The summed E-state index contributed by atoms with van der Waals surface area (Å²) in [6.45, 7) is 9.14. The number of anilines is 1. The summed E-state index contributed by atoms with van der Waals surface area (Å²) < 4.78 is 10.4. The van der Waals surface area contributed by atoms with E-state index in [-0.39, 0.29) is 0 Å². The zero-order valence-corrected chi connectivity index (χ0v) is 12.7. The topological polar surface area (TPSA) is 50.8 Å². The van der Waals surface area contributed by atoms with Gasteiger partial charge in [-0.25, -0.2) is 4.79 Å². The van der Waals surface area contributed by atoms with Gasteiger partial charge in [-0.3, -0.25) is 5.32 Å². The number of rotatable bonds is 7. The molecule has 0 heterocycles. The fourth-order valence-corrected chi connectivity index (χ4v) is 1.87. The Morgan fingerprint density at radius 2 is 2.00 bits per heavy atom. The largest absolute Gasteiger partial charge is 0.495 e. The van der Waals surface area contributed by atoms with Gasteiger partial charge in [-0.05, 0) is 37.7 Å². The standard InChI is InChI=1S/C15H24N2O3/c1-5-17(6-2)9-10-20-15(18)16-13-11-12(3)7-8-14(13)19-4/h7-8,11H,5-6,9-10H2,1-4H3,(H,16,18). The highest BCUT2D eigenvalue weighted by atomic mass is 16.5. The van der Waals surface area contributed by atoms with Gasteiger partial charge in [0.15, 0.2) is 0 Å². The molecule has 5 heteroatoms. The van der Waals surface area contributed by atoms with Crippen LogP contribution in [-0.4, -0.2) is 44.3 Å². The lowest BCUT2D eigenvalue weighted by atomic mass is 10.2. The lowest BCUT2D eigenvalue weighted by Crippen LogP contribution is -2.28. The van der Waals surface area contributed by atoms with Crippen LogP contribution in [0.4, 0.5) is 10.5 Å². The van der Waals surface area contributed by atoms with E-state index in [1.165, 1.54) is 0 Å². The quantitative estimate of drug-likeness (QED) is 0.834. The first-order valence-electron chi connectivity index (χ1n) is 6.91. The second-order valence-corrected chi connectivity index (χ2v) is 4.49. The van der Waals surface area contributed by atoms with E-state index in [4.69, 9.17) is 9.47 Å². The smallest absolute Gasteiger partial charge is 0.411 e. The van der Waals surface area contributed by atoms with E-state index in [0.29, 0.717) is 18.0 Å². The summed E-state index contributed by atoms with van der Waals surface area (Å²) in [7, 11) is 1.57. The third-order valence-electron chi connectivity index (χ3n) is 3.13. The average molecular weight is 280 g/mol. The maximum atomic E-state index is 11.7. The molecule has 0 aliphatic heterocycles. The number of likely N-dealkylation sites (N-methyl/N-ethyl adjacent to an activating group) is 1. The molecule has 0 unspecified atom stereocenters. The molecule has 0 atom stereocenters. The number of carbonyl (C=O) groups excluding carboxylic acids is 1. The van der Waals surface area contributed by atoms with Crippen molar-refractivity contribution in [3.8, 4) is 5.75 Å². The minimum atomic E-state index is -0.457. The van der Waals surface area contributed by atoms with Crippen molar-refractivity contribution in [2.24, 2.45) is 0 Å². The maximum Gasteiger partial charge on any atom is 0.411 e. The monoisotopic (exact) mass is 280 g/mol. The van der Waals surface area contributed by atoms with Gasteiger partial charge in [0.25, 0.3) is 0 Å². The molecule has 1 aromatic carbocycles. The molecule has 0 fully saturated rings. The number of nitrogens with zero attached hydrogens (tertiary/aromatic N) is 1. The summed E-state index contributed by atoms with van der Waals surface area (Å²) in [6, 6.07) is 5.60. The summed E-state index contributed by atoms with van der Waals surface area (Å²) in [4.78, 5) is 13.9. The van der Waals surface area contributed by atoms with Crippen LogP contribution < -0.4 is 10.1 Å². The highest BCUT2D eigenvalue weighted by Gasteiger charge is 2.09.